The molecule has 0 aliphatic carbocycles. The number of aromatic nitrogens is 3. The van der Waals surface area contributed by atoms with Crippen molar-refractivity contribution >= 4 is 11.6 Å². The molecule has 0 bridgehead atoms. The minimum absolute atomic E-state index is 0.143. The number of methoxy groups -OCH3 is 1. The first-order valence-corrected chi connectivity index (χ1v) is 8.46. The van der Waals surface area contributed by atoms with Crippen LogP contribution in [0.5, 0.6) is 11.5 Å². The molecule has 0 amide bonds. The van der Waals surface area contributed by atoms with Gasteiger partial charge in [-0.3, -0.25) is 0 Å². The van der Waals surface area contributed by atoms with Crippen molar-refractivity contribution in [2.45, 2.75) is 32.9 Å². The highest BCUT2D eigenvalue weighted by atomic mass is 35.5. The van der Waals surface area contributed by atoms with Gasteiger partial charge in [0.2, 0.25) is 0 Å². The first kappa shape index (κ1) is 19.1. The van der Waals surface area contributed by atoms with E-state index in [1.807, 2.05) is 12.1 Å². The molecule has 0 aliphatic heterocycles. The number of ether oxygens (including phenoxy) is 2. The Balaban J connectivity index is 1.93. The van der Waals surface area contributed by atoms with Crippen LogP contribution in [0, 0.1) is 12.3 Å². The Kier molecular flexibility index (Phi) is 7.11. The third-order valence-corrected chi connectivity index (χ3v) is 3.93. The summed E-state index contributed by atoms with van der Waals surface area (Å²) in [7, 11) is 1.57. The maximum Gasteiger partial charge on any atom is 0.181 e. The summed E-state index contributed by atoms with van der Waals surface area (Å²) in [6.45, 7) is 5.79. The molecule has 1 aromatic heterocycles. The number of hydrogen-bond donors (Lipinski definition) is 1. The summed E-state index contributed by atoms with van der Waals surface area (Å²) in [5.74, 6) is 4.42. The van der Waals surface area contributed by atoms with Crippen LogP contribution in [-0.2, 0) is 13.0 Å². The van der Waals surface area contributed by atoms with Crippen molar-refractivity contribution in [2.75, 3.05) is 20.3 Å². The van der Waals surface area contributed by atoms with Crippen molar-refractivity contribution in [2.24, 2.45) is 0 Å². The van der Waals surface area contributed by atoms with E-state index in [0.29, 0.717) is 29.1 Å². The SMILES string of the molecule is C#CCOc1c(Cl)cc(CNCCc2nncn2C(C)C)cc1OC. The molecule has 1 aromatic carbocycles. The summed E-state index contributed by atoms with van der Waals surface area (Å²) >= 11 is 6.28. The normalized spacial score (nSPS) is 10.7. The van der Waals surface area contributed by atoms with Crippen molar-refractivity contribution in [3.63, 3.8) is 0 Å². The zero-order chi connectivity index (χ0) is 18.2. The van der Waals surface area contributed by atoms with Gasteiger partial charge in [-0.05, 0) is 31.5 Å². The van der Waals surface area contributed by atoms with Gasteiger partial charge < -0.3 is 19.4 Å². The molecule has 1 N–H and O–H groups in total. The summed E-state index contributed by atoms with van der Waals surface area (Å²) < 4.78 is 12.9. The monoisotopic (exact) mass is 362 g/mol. The maximum atomic E-state index is 6.28. The predicted octanol–water partition coefficient (Wildman–Crippen LogP) is 2.87. The van der Waals surface area contributed by atoms with Gasteiger partial charge in [-0.25, -0.2) is 0 Å². The topological polar surface area (TPSA) is 61.2 Å². The molecule has 0 spiro atoms. The van der Waals surface area contributed by atoms with E-state index in [1.54, 1.807) is 13.4 Å². The van der Waals surface area contributed by atoms with E-state index in [0.717, 1.165) is 24.4 Å². The molecule has 2 aromatic rings. The Hall–Kier alpha value is -2.23. The van der Waals surface area contributed by atoms with Gasteiger partial charge in [0, 0.05) is 25.6 Å². The number of halogens is 1. The Morgan fingerprint density at radius 2 is 2.20 bits per heavy atom. The van der Waals surface area contributed by atoms with Gasteiger partial charge in [0.25, 0.3) is 0 Å². The molecule has 2 rings (SSSR count). The largest absolute Gasteiger partial charge is 0.493 e. The highest BCUT2D eigenvalue weighted by molar-refractivity contribution is 6.32. The van der Waals surface area contributed by atoms with Crippen LogP contribution >= 0.6 is 11.6 Å². The molecular formula is C18H23ClN4O2. The highest BCUT2D eigenvalue weighted by Crippen LogP contribution is 2.36. The van der Waals surface area contributed by atoms with E-state index in [4.69, 9.17) is 27.5 Å². The average molecular weight is 363 g/mol. The second kappa shape index (κ2) is 9.30. The predicted molar refractivity (Wildman–Crippen MR) is 98.1 cm³/mol. The summed E-state index contributed by atoms with van der Waals surface area (Å²) in [6, 6.07) is 4.09. The lowest BCUT2D eigenvalue weighted by molar-refractivity contribution is 0.331. The molecular weight excluding hydrogens is 340 g/mol. The van der Waals surface area contributed by atoms with Crippen LogP contribution in [0.4, 0.5) is 0 Å². The van der Waals surface area contributed by atoms with E-state index in [9.17, 15) is 0 Å². The smallest absolute Gasteiger partial charge is 0.181 e. The van der Waals surface area contributed by atoms with Crippen molar-refractivity contribution in [3.8, 4) is 23.8 Å². The summed E-state index contributed by atoms with van der Waals surface area (Å²) in [5, 5.41) is 12.0. The minimum Gasteiger partial charge on any atom is -0.493 e. The van der Waals surface area contributed by atoms with Gasteiger partial charge in [0.15, 0.2) is 11.5 Å². The molecule has 0 unspecified atom stereocenters. The molecule has 6 nitrogen and oxygen atoms in total. The third kappa shape index (κ3) is 5.12. The molecule has 0 saturated carbocycles. The molecule has 0 atom stereocenters. The zero-order valence-electron chi connectivity index (χ0n) is 14.8. The van der Waals surface area contributed by atoms with Gasteiger partial charge in [0.1, 0.15) is 18.8 Å². The maximum absolute atomic E-state index is 6.28. The molecule has 7 heteroatoms. The molecule has 0 saturated heterocycles. The fraction of sp³-hybridized carbons (Fsp3) is 0.444. The lowest BCUT2D eigenvalue weighted by atomic mass is 10.2. The van der Waals surface area contributed by atoms with Crippen LogP contribution in [0.25, 0.3) is 0 Å². The van der Waals surface area contributed by atoms with Crippen LogP contribution in [0.1, 0.15) is 31.3 Å². The molecule has 0 radical (unpaired) electrons. The number of benzene rings is 1. The van der Waals surface area contributed by atoms with Crippen molar-refractivity contribution < 1.29 is 9.47 Å². The number of nitrogens with zero attached hydrogens (tertiary/aromatic N) is 3. The van der Waals surface area contributed by atoms with Gasteiger partial charge in [-0.1, -0.05) is 17.5 Å². The van der Waals surface area contributed by atoms with E-state index in [1.165, 1.54) is 0 Å². The summed E-state index contributed by atoms with van der Waals surface area (Å²) in [4.78, 5) is 0. The lowest BCUT2D eigenvalue weighted by Gasteiger charge is -2.13. The number of terminal acetylenes is 1. The van der Waals surface area contributed by atoms with Crippen molar-refractivity contribution in [1.82, 2.24) is 20.1 Å². The fourth-order valence-corrected chi connectivity index (χ4v) is 2.73. The molecule has 0 fully saturated rings. The standard InChI is InChI=1S/C18H23ClN4O2/c1-5-8-25-18-15(19)9-14(10-16(18)24-4)11-20-7-6-17-22-21-12-23(17)13(2)3/h1,9-10,12-13,20H,6-8,11H2,2-4H3. The van der Waals surface area contributed by atoms with Gasteiger partial charge in [-0.2, -0.15) is 0 Å². The van der Waals surface area contributed by atoms with E-state index in [2.05, 4.69) is 39.8 Å². The van der Waals surface area contributed by atoms with E-state index in [-0.39, 0.29) is 6.61 Å². The van der Waals surface area contributed by atoms with Gasteiger partial charge in [-0.15, -0.1) is 16.6 Å². The molecule has 0 aliphatic rings. The average Bonchev–Trinajstić information content (AvgIpc) is 3.06. The fourth-order valence-electron chi connectivity index (χ4n) is 2.44. The number of rotatable bonds is 9. The summed E-state index contributed by atoms with van der Waals surface area (Å²) in [6.07, 6.45) is 7.78. The van der Waals surface area contributed by atoms with Crippen LogP contribution in [0.15, 0.2) is 18.5 Å². The molecule has 25 heavy (non-hydrogen) atoms. The first-order valence-electron chi connectivity index (χ1n) is 8.08. The molecule has 1 heterocycles. The van der Waals surface area contributed by atoms with Gasteiger partial charge in [0.05, 0.1) is 12.1 Å². The first-order chi connectivity index (χ1) is 12.1. The second-order valence-electron chi connectivity index (χ2n) is 5.78. The Bertz CT molecular complexity index is 737. The molecule has 134 valence electrons. The van der Waals surface area contributed by atoms with Crippen LogP contribution < -0.4 is 14.8 Å². The zero-order valence-corrected chi connectivity index (χ0v) is 15.5. The highest BCUT2D eigenvalue weighted by Gasteiger charge is 2.12. The number of nitrogens with one attached hydrogen (secondary N) is 1. The van der Waals surface area contributed by atoms with E-state index < -0.39 is 0 Å². The third-order valence-electron chi connectivity index (χ3n) is 3.65. The Morgan fingerprint density at radius 3 is 2.88 bits per heavy atom. The quantitative estimate of drug-likeness (QED) is 0.549. The Labute approximate surface area is 153 Å². The lowest BCUT2D eigenvalue weighted by Crippen LogP contribution is -2.19. The summed E-state index contributed by atoms with van der Waals surface area (Å²) in [5.41, 5.74) is 1.00. The van der Waals surface area contributed by atoms with Crippen molar-refractivity contribution in [1.29, 1.82) is 0 Å². The second-order valence-corrected chi connectivity index (χ2v) is 6.18. The van der Waals surface area contributed by atoms with Crippen molar-refractivity contribution in [3.05, 3.63) is 34.9 Å². The van der Waals surface area contributed by atoms with Crippen LogP contribution in [0.3, 0.4) is 0 Å². The van der Waals surface area contributed by atoms with Gasteiger partial charge >= 0.3 is 0 Å². The van der Waals surface area contributed by atoms with Crippen LogP contribution in [-0.4, -0.2) is 35.0 Å². The van der Waals surface area contributed by atoms with E-state index >= 15 is 0 Å². The number of hydrogen-bond acceptors (Lipinski definition) is 5. The minimum atomic E-state index is 0.143. The van der Waals surface area contributed by atoms with Crippen LogP contribution in [0.2, 0.25) is 5.02 Å². The Morgan fingerprint density at radius 1 is 1.40 bits per heavy atom.